The predicted octanol–water partition coefficient (Wildman–Crippen LogP) is 2.36. The fourth-order valence-corrected chi connectivity index (χ4v) is 5.42. The summed E-state index contributed by atoms with van der Waals surface area (Å²) in [4.78, 5) is 17.0. The topological polar surface area (TPSA) is 81.5 Å². The number of carbonyl (C=O) groups is 1. The lowest BCUT2D eigenvalue weighted by molar-refractivity contribution is -0.145. The Morgan fingerprint density at radius 2 is 1.70 bits per heavy atom. The second-order valence-corrected chi connectivity index (χ2v) is 9.20. The Hall–Kier alpha value is -2.97. The fraction of sp³-hybridized carbons (Fsp3) is 0.273. The highest BCUT2D eigenvalue weighted by molar-refractivity contribution is 7.88. The summed E-state index contributed by atoms with van der Waals surface area (Å²) >= 11 is 0. The van der Waals surface area contributed by atoms with Crippen LogP contribution >= 0.6 is 0 Å². The van der Waals surface area contributed by atoms with Crippen LogP contribution in [0.4, 0.5) is 0 Å². The minimum absolute atomic E-state index is 0.0477. The van der Waals surface area contributed by atoms with Crippen molar-refractivity contribution in [3.8, 4) is 0 Å². The van der Waals surface area contributed by atoms with Gasteiger partial charge >= 0.3 is 5.97 Å². The van der Waals surface area contributed by atoms with Crippen molar-refractivity contribution in [2.45, 2.75) is 31.3 Å². The number of methoxy groups -OCH3 is 1. The van der Waals surface area contributed by atoms with Crippen LogP contribution in [0, 0.1) is 0 Å². The van der Waals surface area contributed by atoms with E-state index >= 15 is 0 Å². The molecule has 0 amide bonds. The molecular formula is C22H23N3O4S. The first-order valence-corrected chi connectivity index (χ1v) is 11.3. The molecule has 2 heterocycles. The molecule has 1 atom stereocenters. The molecule has 1 unspecified atom stereocenters. The summed E-state index contributed by atoms with van der Waals surface area (Å²) in [5.74, 6) is -0.744. The van der Waals surface area contributed by atoms with E-state index in [2.05, 4.69) is 4.98 Å². The Balaban J connectivity index is 1.64. The molecular weight excluding hydrogens is 402 g/mol. The third-order valence-corrected chi connectivity index (χ3v) is 7.09. The average Bonchev–Trinajstić information content (AvgIpc) is 3.15. The van der Waals surface area contributed by atoms with Crippen molar-refractivity contribution < 1.29 is 17.9 Å². The van der Waals surface area contributed by atoms with Gasteiger partial charge in [-0.25, -0.2) is 13.4 Å². The molecule has 0 saturated heterocycles. The molecule has 3 aromatic rings. The Labute approximate surface area is 176 Å². The number of esters is 1. The molecule has 1 aromatic heterocycles. The lowest BCUT2D eigenvalue weighted by Gasteiger charge is -2.33. The third-order valence-electron chi connectivity index (χ3n) is 5.29. The lowest BCUT2D eigenvalue weighted by atomic mass is 10.0. The highest BCUT2D eigenvalue weighted by Gasteiger charge is 2.41. The normalized spacial score (nSPS) is 16.8. The van der Waals surface area contributed by atoms with Gasteiger partial charge in [0.1, 0.15) is 6.04 Å². The molecule has 0 radical (unpaired) electrons. The Kier molecular flexibility index (Phi) is 5.69. The van der Waals surface area contributed by atoms with Gasteiger partial charge in [-0.3, -0.25) is 4.79 Å². The van der Waals surface area contributed by atoms with E-state index in [0.717, 1.165) is 11.3 Å². The molecule has 0 aliphatic carbocycles. The summed E-state index contributed by atoms with van der Waals surface area (Å²) in [6.45, 7) is 0.653. The van der Waals surface area contributed by atoms with Gasteiger partial charge in [0, 0.05) is 18.7 Å². The van der Waals surface area contributed by atoms with Crippen LogP contribution in [0.2, 0.25) is 0 Å². The Bertz CT molecular complexity index is 1130. The molecule has 0 bridgehead atoms. The van der Waals surface area contributed by atoms with Crippen LogP contribution in [0.5, 0.6) is 0 Å². The molecule has 7 nitrogen and oxygen atoms in total. The van der Waals surface area contributed by atoms with Crippen molar-refractivity contribution in [1.82, 2.24) is 13.9 Å². The second-order valence-electron chi connectivity index (χ2n) is 7.28. The summed E-state index contributed by atoms with van der Waals surface area (Å²) < 4.78 is 34.5. The van der Waals surface area contributed by atoms with E-state index in [9.17, 15) is 13.2 Å². The van der Waals surface area contributed by atoms with E-state index < -0.39 is 22.0 Å². The van der Waals surface area contributed by atoms with Crippen LogP contribution in [0.15, 0.2) is 67.0 Å². The zero-order valence-corrected chi connectivity index (χ0v) is 17.5. The van der Waals surface area contributed by atoms with E-state index in [1.807, 2.05) is 41.0 Å². The number of hydrogen-bond acceptors (Lipinski definition) is 5. The largest absolute Gasteiger partial charge is 0.468 e. The van der Waals surface area contributed by atoms with Crippen molar-refractivity contribution in [3.05, 3.63) is 89.5 Å². The van der Waals surface area contributed by atoms with Crippen LogP contribution in [0.1, 0.15) is 22.5 Å². The van der Waals surface area contributed by atoms with Crippen LogP contribution in [-0.2, 0) is 44.8 Å². The summed E-state index contributed by atoms with van der Waals surface area (Å²) in [7, 11) is -2.47. The van der Waals surface area contributed by atoms with Crippen LogP contribution in [0.3, 0.4) is 0 Å². The first kappa shape index (κ1) is 20.3. The van der Waals surface area contributed by atoms with Gasteiger partial charge in [0.15, 0.2) is 0 Å². The van der Waals surface area contributed by atoms with E-state index in [-0.39, 0.29) is 18.7 Å². The van der Waals surface area contributed by atoms with E-state index in [1.165, 1.54) is 11.4 Å². The highest BCUT2D eigenvalue weighted by atomic mass is 32.2. The SMILES string of the molecule is COC(=O)C1Cc2c(ncn2Cc2ccccc2)CN1S(=O)(=O)Cc1ccccc1. The van der Waals surface area contributed by atoms with Crippen LogP contribution in [0.25, 0.3) is 0 Å². The number of rotatable bonds is 6. The second kappa shape index (κ2) is 8.41. The average molecular weight is 426 g/mol. The van der Waals surface area contributed by atoms with Gasteiger partial charge in [-0.1, -0.05) is 60.7 Å². The summed E-state index contributed by atoms with van der Waals surface area (Å²) in [5.41, 5.74) is 3.30. The zero-order chi connectivity index (χ0) is 21.1. The Morgan fingerprint density at radius 1 is 1.07 bits per heavy atom. The predicted molar refractivity (Wildman–Crippen MR) is 112 cm³/mol. The summed E-state index contributed by atoms with van der Waals surface area (Å²) in [6.07, 6.45) is 1.93. The summed E-state index contributed by atoms with van der Waals surface area (Å²) in [6, 6.07) is 17.9. The lowest BCUT2D eigenvalue weighted by Crippen LogP contribution is -2.49. The number of benzene rings is 2. The number of fused-ring (bicyclic) bond motifs is 1. The molecule has 0 spiro atoms. The molecule has 30 heavy (non-hydrogen) atoms. The van der Waals surface area contributed by atoms with Gasteiger partial charge < -0.3 is 9.30 Å². The maximum atomic E-state index is 13.2. The molecule has 2 aromatic carbocycles. The smallest absolute Gasteiger partial charge is 0.324 e. The quantitative estimate of drug-likeness (QED) is 0.567. The molecule has 156 valence electrons. The molecule has 1 aliphatic heterocycles. The van der Waals surface area contributed by atoms with Crippen molar-refractivity contribution >= 4 is 16.0 Å². The number of sulfonamides is 1. The number of ether oxygens (including phenoxy) is 1. The van der Waals surface area contributed by atoms with Crippen LogP contribution in [-0.4, -0.2) is 41.4 Å². The highest BCUT2D eigenvalue weighted by Crippen LogP contribution is 2.28. The molecule has 1 aliphatic rings. The third kappa shape index (κ3) is 4.15. The maximum Gasteiger partial charge on any atom is 0.324 e. The van der Waals surface area contributed by atoms with Crippen molar-refractivity contribution in [2.75, 3.05) is 7.11 Å². The molecule has 0 saturated carbocycles. The first-order chi connectivity index (χ1) is 14.5. The number of nitrogens with zero attached hydrogens (tertiary/aromatic N) is 3. The van der Waals surface area contributed by atoms with Gasteiger partial charge in [-0.05, 0) is 11.1 Å². The monoisotopic (exact) mass is 425 g/mol. The number of imidazole rings is 1. The number of aromatic nitrogens is 2. The fourth-order valence-electron chi connectivity index (χ4n) is 3.77. The minimum atomic E-state index is -3.75. The first-order valence-electron chi connectivity index (χ1n) is 9.66. The van der Waals surface area contributed by atoms with Gasteiger partial charge in [0.05, 0.1) is 31.4 Å². The standard InChI is InChI=1S/C22H23N3O4S/c1-29-22(26)21-12-20-19(23-16-24(20)13-17-8-4-2-5-9-17)14-25(21)30(27,28)15-18-10-6-3-7-11-18/h2-11,16,21H,12-15H2,1H3. The molecule has 0 fully saturated rings. The van der Waals surface area contributed by atoms with Gasteiger partial charge in [-0.2, -0.15) is 4.31 Å². The van der Waals surface area contributed by atoms with Gasteiger partial charge in [-0.15, -0.1) is 0 Å². The van der Waals surface area contributed by atoms with Gasteiger partial charge in [0.25, 0.3) is 0 Å². The summed E-state index contributed by atoms with van der Waals surface area (Å²) in [5, 5.41) is 0. The zero-order valence-electron chi connectivity index (χ0n) is 16.6. The van der Waals surface area contributed by atoms with Crippen molar-refractivity contribution in [2.24, 2.45) is 0 Å². The minimum Gasteiger partial charge on any atom is -0.468 e. The number of hydrogen-bond donors (Lipinski definition) is 0. The van der Waals surface area contributed by atoms with E-state index in [0.29, 0.717) is 17.8 Å². The molecule has 8 heteroatoms. The van der Waals surface area contributed by atoms with Crippen molar-refractivity contribution in [3.63, 3.8) is 0 Å². The van der Waals surface area contributed by atoms with E-state index in [4.69, 9.17) is 4.74 Å². The maximum absolute atomic E-state index is 13.2. The molecule has 4 rings (SSSR count). The van der Waals surface area contributed by atoms with Crippen molar-refractivity contribution in [1.29, 1.82) is 0 Å². The van der Waals surface area contributed by atoms with Gasteiger partial charge in [0.2, 0.25) is 10.0 Å². The Morgan fingerprint density at radius 3 is 2.33 bits per heavy atom. The number of carbonyl (C=O) groups excluding carboxylic acids is 1. The molecule has 0 N–H and O–H groups in total. The van der Waals surface area contributed by atoms with E-state index in [1.54, 1.807) is 30.6 Å². The van der Waals surface area contributed by atoms with Crippen LogP contribution < -0.4 is 0 Å².